The highest BCUT2D eigenvalue weighted by molar-refractivity contribution is 9.10. The maximum Gasteiger partial charge on any atom is 0.225 e. The van der Waals surface area contributed by atoms with Crippen LogP contribution in [0.2, 0.25) is 0 Å². The first-order valence-corrected chi connectivity index (χ1v) is 6.18. The fourth-order valence-electron chi connectivity index (χ4n) is 2.07. The van der Waals surface area contributed by atoms with Crippen molar-refractivity contribution in [1.82, 2.24) is 25.0 Å². The van der Waals surface area contributed by atoms with Gasteiger partial charge in [0.15, 0.2) is 0 Å². The number of β-amino-alcohol motifs (C(OH)–C–C–N with tert-alkyl or cyclic N) is 1. The molecule has 0 atom stereocenters. The van der Waals surface area contributed by atoms with Gasteiger partial charge in [-0.25, -0.2) is 14.6 Å². The minimum Gasteiger partial charge on any atom is -0.380 e. The van der Waals surface area contributed by atoms with E-state index < -0.39 is 5.60 Å². The lowest BCUT2D eigenvalue weighted by Crippen LogP contribution is -2.60. The highest BCUT2D eigenvalue weighted by atomic mass is 79.9. The van der Waals surface area contributed by atoms with Gasteiger partial charge in [-0.3, -0.25) is 0 Å². The van der Waals surface area contributed by atoms with Crippen molar-refractivity contribution < 1.29 is 5.11 Å². The van der Waals surface area contributed by atoms with E-state index in [2.05, 4.69) is 36.2 Å². The fourth-order valence-corrected chi connectivity index (χ4v) is 2.27. The molecule has 1 saturated heterocycles. The molecule has 1 aliphatic heterocycles. The van der Waals surface area contributed by atoms with E-state index in [4.69, 9.17) is 0 Å². The summed E-state index contributed by atoms with van der Waals surface area (Å²) in [6, 6.07) is 0. The third-order valence-electron chi connectivity index (χ3n) is 2.99. The van der Waals surface area contributed by atoms with Crippen LogP contribution >= 0.6 is 15.9 Å². The first kappa shape index (κ1) is 11.5. The molecule has 3 rings (SSSR count). The molecule has 3 heterocycles. The van der Waals surface area contributed by atoms with Crippen LogP contribution in [0.15, 0.2) is 23.1 Å². The van der Waals surface area contributed by atoms with E-state index in [9.17, 15) is 5.11 Å². The lowest BCUT2D eigenvalue weighted by Gasteiger charge is -2.45. The summed E-state index contributed by atoms with van der Waals surface area (Å²) >= 11 is 3.29. The lowest BCUT2D eigenvalue weighted by atomic mass is 9.91. The van der Waals surface area contributed by atoms with Gasteiger partial charge in [-0.2, -0.15) is 0 Å². The minimum atomic E-state index is -0.922. The van der Waals surface area contributed by atoms with Crippen LogP contribution < -0.4 is 4.90 Å². The Morgan fingerprint density at radius 1 is 1.28 bits per heavy atom. The first-order valence-electron chi connectivity index (χ1n) is 5.38. The number of anilines is 1. The number of aryl methyl sites for hydroxylation is 1. The number of hydrogen-bond donors (Lipinski definition) is 1. The van der Waals surface area contributed by atoms with E-state index >= 15 is 0 Å². The predicted molar refractivity (Wildman–Crippen MR) is 66.8 cm³/mol. The Morgan fingerprint density at radius 3 is 2.50 bits per heavy atom. The van der Waals surface area contributed by atoms with Crippen molar-refractivity contribution in [2.75, 3.05) is 18.0 Å². The molecule has 18 heavy (non-hydrogen) atoms. The smallest absolute Gasteiger partial charge is 0.225 e. The normalized spacial score (nSPS) is 17.6. The molecule has 1 N–H and O–H groups in total. The van der Waals surface area contributed by atoms with Crippen LogP contribution in [0, 0.1) is 0 Å². The molecule has 94 valence electrons. The Labute approximate surface area is 112 Å². The molecule has 1 fully saturated rings. The summed E-state index contributed by atoms with van der Waals surface area (Å²) in [6.07, 6.45) is 4.95. The summed E-state index contributed by atoms with van der Waals surface area (Å²) in [5.74, 6) is 0.609. The summed E-state index contributed by atoms with van der Waals surface area (Å²) in [7, 11) is 1.76. The van der Waals surface area contributed by atoms with Crippen molar-refractivity contribution in [3.63, 3.8) is 0 Å². The van der Waals surface area contributed by atoms with Crippen LogP contribution in [0.3, 0.4) is 0 Å². The summed E-state index contributed by atoms with van der Waals surface area (Å²) in [4.78, 5) is 10.3. The molecule has 0 radical (unpaired) electrons. The molecule has 8 heteroatoms. The average molecular weight is 311 g/mol. The summed E-state index contributed by atoms with van der Waals surface area (Å²) in [5, 5.41) is 18.0. The molecule has 0 amide bonds. The van der Waals surface area contributed by atoms with Gasteiger partial charge < -0.3 is 10.0 Å². The van der Waals surface area contributed by atoms with Crippen LogP contribution in [-0.4, -0.2) is 43.2 Å². The molecule has 0 unspecified atom stereocenters. The molecule has 0 bridgehead atoms. The second-order valence-corrected chi connectivity index (χ2v) is 5.25. The van der Waals surface area contributed by atoms with Crippen LogP contribution in [-0.2, 0) is 12.6 Å². The van der Waals surface area contributed by atoms with Crippen molar-refractivity contribution in [3.05, 3.63) is 28.8 Å². The molecule has 2 aromatic rings. The summed E-state index contributed by atoms with van der Waals surface area (Å²) in [6.45, 7) is 0.881. The Bertz CT molecular complexity index is 562. The number of halogens is 1. The van der Waals surface area contributed by atoms with Gasteiger partial charge in [-0.15, -0.1) is 5.10 Å². The number of hydrogen-bond acceptors (Lipinski definition) is 6. The van der Waals surface area contributed by atoms with E-state index in [0.29, 0.717) is 24.7 Å². The van der Waals surface area contributed by atoms with Crippen molar-refractivity contribution in [2.24, 2.45) is 7.05 Å². The molecule has 7 nitrogen and oxygen atoms in total. The predicted octanol–water partition coefficient (Wildman–Crippen LogP) is 0.0754. The second kappa shape index (κ2) is 3.99. The van der Waals surface area contributed by atoms with Gasteiger partial charge in [0.2, 0.25) is 5.95 Å². The third-order valence-corrected chi connectivity index (χ3v) is 3.40. The van der Waals surface area contributed by atoms with Gasteiger partial charge in [-0.1, -0.05) is 5.21 Å². The molecular formula is C10H11BrN6O. The third kappa shape index (κ3) is 1.77. The van der Waals surface area contributed by atoms with Crippen molar-refractivity contribution in [3.8, 4) is 0 Å². The lowest BCUT2D eigenvalue weighted by molar-refractivity contribution is -0.00101. The monoisotopic (exact) mass is 310 g/mol. The van der Waals surface area contributed by atoms with Crippen LogP contribution in [0.5, 0.6) is 0 Å². The van der Waals surface area contributed by atoms with Crippen molar-refractivity contribution in [2.45, 2.75) is 5.60 Å². The Morgan fingerprint density at radius 2 is 1.94 bits per heavy atom. The van der Waals surface area contributed by atoms with E-state index in [0.717, 1.165) is 4.47 Å². The summed E-state index contributed by atoms with van der Waals surface area (Å²) in [5.41, 5.74) is -0.217. The van der Waals surface area contributed by atoms with Gasteiger partial charge in [0.05, 0.1) is 29.5 Å². The van der Waals surface area contributed by atoms with Gasteiger partial charge >= 0.3 is 0 Å². The molecular weight excluding hydrogens is 300 g/mol. The first-order chi connectivity index (χ1) is 8.58. The quantitative estimate of drug-likeness (QED) is 0.846. The highest BCUT2D eigenvalue weighted by Gasteiger charge is 2.46. The highest BCUT2D eigenvalue weighted by Crippen LogP contribution is 2.33. The van der Waals surface area contributed by atoms with Crippen LogP contribution in [0.4, 0.5) is 5.95 Å². The maximum absolute atomic E-state index is 10.4. The minimum absolute atomic E-state index is 0.440. The molecule has 0 saturated carbocycles. The average Bonchev–Trinajstić information content (AvgIpc) is 2.73. The number of aromatic nitrogens is 5. The zero-order chi connectivity index (χ0) is 12.8. The van der Waals surface area contributed by atoms with E-state index in [1.165, 1.54) is 0 Å². The Balaban J connectivity index is 1.77. The zero-order valence-electron chi connectivity index (χ0n) is 9.65. The van der Waals surface area contributed by atoms with Gasteiger partial charge in [0.1, 0.15) is 5.60 Å². The zero-order valence-corrected chi connectivity index (χ0v) is 11.2. The SMILES string of the molecule is Cn1nncc1C1(O)CN(c2ncc(Br)cn2)C1. The van der Waals surface area contributed by atoms with Gasteiger partial charge in [0.25, 0.3) is 0 Å². The number of aliphatic hydroxyl groups is 1. The van der Waals surface area contributed by atoms with E-state index in [-0.39, 0.29) is 0 Å². The standard InChI is InChI=1S/C10H11BrN6O/c1-16-8(4-14-15-16)10(18)5-17(6-10)9-12-2-7(11)3-13-9/h2-4,18H,5-6H2,1H3. The summed E-state index contributed by atoms with van der Waals surface area (Å²) < 4.78 is 2.41. The van der Waals surface area contributed by atoms with Crippen LogP contribution in [0.25, 0.3) is 0 Å². The second-order valence-electron chi connectivity index (χ2n) is 4.33. The molecule has 0 aliphatic carbocycles. The Hall–Kier alpha value is -1.54. The van der Waals surface area contributed by atoms with Crippen molar-refractivity contribution in [1.29, 1.82) is 0 Å². The molecule has 0 spiro atoms. The molecule has 2 aromatic heterocycles. The number of rotatable bonds is 2. The van der Waals surface area contributed by atoms with Gasteiger partial charge in [0, 0.05) is 19.4 Å². The van der Waals surface area contributed by atoms with E-state index in [1.54, 1.807) is 30.3 Å². The van der Waals surface area contributed by atoms with E-state index in [1.807, 2.05) is 4.90 Å². The van der Waals surface area contributed by atoms with Crippen molar-refractivity contribution >= 4 is 21.9 Å². The topological polar surface area (TPSA) is 80.0 Å². The van der Waals surface area contributed by atoms with Gasteiger partial charge in [-0.05, 0) is 15.9 Å². The number of nitrogens with zero attached hydrogens (tertiary/aromatic N) is 6. The molecule has 0 aromatic carbocycles. The largest absolute Gasteiger partial charge is 0.380 e. The maximum atomic E-state index is 10.4. The molecule has 1 aliphatic rings. The Kier molecular flexibility index (Phi) is 2.56. The fraction of sp³-hybridized carbons (Fsp3) is 0.400. The van der Waals surface area contributed by atoms with Crippen LogP contribution in [0.1, 0.15) is 5.69 Å².